The number of hydrogen-bond acceptors (Lipinski definition) is 8. The van der Waals surface area contributed by atoms with Gasteiger partial charge in [0.2, 0.25) is 5.95 Å². The Hall–Kier alpha value is -3.44. The second kappa shape index (κ2) is 11.4. The van der Waals surface area contributed by atoms with Crippen LogP contribution in [0.5, 0.6) is 0 Å². The Morgan fingerprint density at radius 2 is 1.70 bits per heavy atom. The highest BCUT2D eigenvalue weighted by molar-refractivity contribution is 7.16. The Kier molecular flexibility index (Phi) is 8.39. The molecule has 0 unspecified atom stereocenters. The molecule has 2 aromatic heterocycles. The fourth-order valence-electron chi connectivity index (χ4n) is 2.66. The highest BCUT2D eigenvalue weighted by Gasteiger charge is 2.15. The van der Waals surface area contributed by atoms with E-state index in [-0.39, 0.29) is 6.92 Å². The number of benzene rings is 2. The molecule has 0 bridgehead atoms. The summed E-state index contributed by atoms with van der Waals surface area (Å²) >= 11 is 1.61. The summed E-state index contributed by atoms with van der Waals surface area (Å²) in [5.41, 5.74) is 12.1. The van der Waals surface area contributed by atoms with E-state index in [1.807, 2.05) is 48.0 Å². The number of anilines is 5. The van der Waals surface area contributed by atoms with E-state index in [1.54, 1.807) is 17.5 Å². The Labute approximate surface area is 193 Å². The van der Waals surface area contributed by atoms with Crippen molar-refractivity contribution in [3.8, 4) is 0 Å². The van der Waals surface area contributed by atoms with Crippen molar-refractivity contribution in [1.82, 2.24) is 20.4 Å². The number of rotatable bonds is 8. The molecule has 174 valence electrons. The normalized spacial score (nSPS) is 10.9. The quantitative estimate of drug-likeness (QED) is 0.172. The van der Waals surface area contributed by atoms with Crippen molar-refractivity contribution >= 4 is 50.4 Å². The molecule has 4 aromatic rings. The molecule has 0 radical (unpaired) electrons. The molecule has 0 amide bonds. The first-order chi connectivity index (χ1) is 15.8. The van der Waals surface area contributed by atoms with Crippen LogP contribution >= 0.6 is 11.3 Å². The average molecular weight is 476 g/mol. The molecule has 2 heterocycles. The zero-order chi connectivity index (χ0) is 23.7. The van der Waals surface area contributed by atoms with E-state index in [0.29, 0.717) is 5.95 Å². The molecule has 0 aliphatic rings. The molecule has 0 aliphatic heterocycles. The standard InChI is InChI=1S/C20H21N7S.C2H3F3/c1-2-9-23-27-16-5-3-4-14(11-16)24-19-8-10-21-20(26-19)25-15-6-7-17-18(12-15)28-13-22-17;1-2(3,4)5/h3-8,10-13,23,27H,2,9H2,1H3,(H2,21,24,25,26);1H3. The predicted molar refractivity (Wildman–Crippen MR) is 128 cm³/mol. The molecule has 4 N–H and O–H groups in total. The third kappa shape index (κ3) is 8.54. The number of aromatic nitrogens is 3. The summed E-state index contributed by atoms with van der Waals surface area (Å²) in [6.07, 6.45) is -1.20. The monoisotopic (exact) mass is 475 g/mol. The van der Waals surface area contributed by atoms with E-state index in [1.165, 1.54) is 0 Å². The van der Waals surface area contributed by atoms with Crippen molar-refractivity contribution in [2.75, 3.05) is 22.6 Å². The molecule has 4 rings (SSSR count). The third-order valence-electron chi connectivity index (χ3n) is 3.99. The fraction of sp³-hybridized carbons (Fsp3) is 0.227. The molecule has 2 aromatic carbocycles. The third-order valence-corrected chi connectivity index (χ3v) is 4.78. The highest BCUT2D eigenvalue weighted by atomic mass is 32.1. The molecule has 0 fully saturated rings. The molecule has 0 saturated carbocycles. The number of fused-ring (bicyclic) bond motifs is 1. The van der Waals surface area contributed by atoms with E-state index >= 15 is 0 Å². The SMILES string of the molecule is CC(F)(F)F.CCCNNc1cccc(Nc2ccnc(Nc3ccc4ncsc4c3)n2)c1. The highest BCUT2D eigenvalue weighted by Crippen LogP contribution is 2.24. The minimum atomic E-state index is -4.00. The molecule has 0 spiro atoms. The molecular formula is C22H24F3N7S. The van der Waals surface area contributed by atoms with Crippen LogP contribution < -0.4 is 21.5 Å². The fourth-order valence-corrected chi connectivity index (χ4v) is 3.38. The number of hydrogen-bond donors (Lipinski definition) is 4. The second-order valence-corrected chi connectivity index (χ2v) is 7.85. The van der Waals surface area contributed by atoms with Crippen molar-refractivity contribution in [1.29, 1.82) is 0 Å². The first-order valence-corrected chi connectivity index (χ1v) is 11.0. The van der Waals surface area contributed by atoms with E-state index in [0.717, 1.165) is 46.1 Å². The van der Waals surface area contributed by atoms with Gasteiger partial charge in [0, 0.05) is 31.0 Å². The van der Waals surface area contributed by atoms with Crippen molar-refractivity contribution in [2.45, 2.75) is 26.4 Å². The lowest BCUT2D eigenvalue weighted by atomic mass is 10.3. The van der Waals surface area contributed by atoms with Crippen LogP contribution in [0, 0.1) is 0 Å². The summed E-state index contributed by atoms with van der Waals surface area (Å²) in [6.45, 7) is 3.22. The number of thiazole rings is 1. The van der Waals surface area contributed by atoms with Gasteiger partial charge in [0.05, 0.1) is 21.4 Å². The zero-order valence-corrected chi connectivity index (χ0v) is 18.9. The van der Waals surface area contributed by atoms with Crippen molar-refractivity contribution in [3.63, 3.8) is 0 Å². The molecule has 0 saturated heterocycles. The van der Waals surface area contributed by atoms with Crippen LogP contribution in [0.2, 0.25) is 0 Å². The van der Waals surface area contributed by atoms with Gasteiger partial charge in [-0.05, 0) is 48.9 Å². The summed E-state index contributed by atoms with van der Waals surface area (Å²) in [4.78, 5) is 13.2. The van der Waals surface area contributed by atoms with Gasteiger partial charge in [0.15, 0.2) is 0 Å². The summed E-state index contributed by atoms with van der Waals surface area (Å²) in [5, 5.41) is 6.57. The lowest BCUT2D eigenvalue weighted by molar-refractivity contribution is -0.110. The van der Waals surface area contributed by atoms with Gasteiger partial charge in [0.25, 0.3) is 0 Å². The van der Waals surface area contributed by atoms with E-state index in [4.69, 9.17) is 0 Å². The van der Waals surface area contributed by atoms with Gasteiger partial charge in [-0.3, -0.25) is 0 Å². The Morgan fingerprint density at radius 3 is 2.48 bits per heavy atom. The van der Waals surface area contributed by atoms with Gasteiger partial charge in [-0.2, -0.15) is 18.2 Å². The van der Waals surface area contributed by atoms with Gasteiger partial charge >= 0.3 is 6.18 Å². The Morgan fingerprint density at radius 1 is 0.939 bits per heavy atom. The van der Waals surface area contributed by atoms with Crippen molar-refractivity contribution in [3.05, 3.63) is 60.2 Å². The number of hydrazine groups is 1. The van der Waals surface area contributed by atoms with Crippen LogP contribution in [-0.2, 0) is 0 Å². The first-order valence-electron chi connectivity index (χ1n) is 10.2. The molecule has 7 nitrogen and oxygen atoms in total. The maximum Gasteiger partial charge on any atom is 0.386 e. The largest absolute Gasteiger partial charge is 0.386 e. The van der Waals surface area contributed by atoms with E-state index in [9.17, 15) is 13.2 Å². The van der Waals surface area contributed by atoms with Crippen LogP contribution in [0.15, 0.2) is 60.2 Å². The van der Waals surface area contributed by atoms with Crippen LogP contribution in [0.25, 0.3) is 10.2 Å². The van der Waals surface area contributed by atoms with Crippen molar-refractivity contribution in [2.24, 2.45) is 0 Å². The molecular weight excluding hydrogens is 451 g/mol. The van der Waals surface area contributed by atoms with Crippen molar-refractivity contribution < 1.29 is 13.2 Å². The van der Waals surface area contributed by atoms with Crippen LogP contribution in [-0.4, -0.2) is 27.7 Å². The summed E-state index contributed by atoms with van der Waals surface area (Å²) in [5.74, 6) is 1.25. The number of nitrogens with one attached hydrogen (secondary N) is 4. The molecule has 11 heteroatoms. The van der Waals surface area contributed by atoms with Gasteiger partial charge in [0.1, 0.15) is 5.82 Å². The minimum Gasteiger partial charge on any atom is -0.340 e. The lowest BCUT2D eigenvalue weighted by Crippen LogP contribution is -2.22. The number of nitrogens with zero attached hydrogens (tertiary/aromatic N) is 3. The van der Waals surface area contributed by atoms with E-state index in [2.05, 4.69) is 49.4 Å². The minimum absolute atomic E-state index is 0.188. The van der Waals surface area contributed by atoms with Crippen LogP contribution in [0.1, 0.15) is 20.3 Å². The van der Waals surface area contributed by atoms with Gasteiger partial charge in [-0.25, -0.2) is 15.4 Å². The lowest BCUT2D eigenvalue weighted by Gasteiger charge is -2.11. The molecule has 33 heavy (non-hydrogen) atoms. The topological polar surface area (TPSA) is 86.8 Å². The summed E-state index contributed by atoms with van der Waals surface area (Å²) < 4.78 is 32.2. The second-order valence-electron chi connectivity index (χ2n) is 6.96. The average Bonchev–Trinajstić information content (AvgIpc) is 3.21. The van der Waals surface area contributed by atoms with Crippen LogP contribution in [0.3, 0.4) is 0 Å². The first kappa shape index (κ1) is 24.2. The van der Waals surface area contributed by atoms with E-state index < -0.39 is 6.18 Å². The Bertz CT molecular complexity index is 1160. The summed E-state index contributed by atoms with van der Waals surface area (Å²) in [6, 6.07) is 15.9. The maximum absolute atomic E-state index is 10.4. The predicted octanol–water partition coefficient (Wildman–Crippen LogP) is 6.47. The zero-order valence-electron chi connectivity index (χ0n) is 18.1. The molecule has 0 atom stereocenters. The number of halogens is 3. The van der Waals surface area contributed by atoms with Gasteiger partial charge in [-0.15, -0.1) is 11.3 Å². The maximum atomic E-state index is 10.4. The van der Waals surface area contributed by atoms with Gasteiger partial charge in [-0.1, -0.05) is 13.0 Å². The Balaban J connectivity index is 0.000000555. The smallest absolute Gasteiger partial charge is 0.340 e. The van der Waals surface area contributed by atoms with Crippen LogP contribution in [0.4, 0.5) is 42.0 Å². The molecule has 0 aliphatic carbocycles. The summed E-state index contributed by atoms with van der Waals surface area (Å²) in [7, 11) is 0. The number of alkyl halides is 3. The van der Waals surface area contributed by atoms with Gasteiger partial charge < -0.3 is 16.1 Å².